The molecule has 2 rings (SSSR count). The molecule has 0 atom stereocenters. The fourth-order valence-corrected chi connectivity index (χ4v) is 2.22. The summed E-state index contributed by atoms with van der Waals surface area (Å²) in [6.45, 7) is 1.39. The predicted molar refractivity (Wildman–Crippen MR) is 78.1 cm³/mol. The van der Waals surface area contributed by atoms with Crippen LogP contribution in [0.25, 0.3) is 21.3 Å². The fourth-order valence-electron chi connectivity index (χ4n) is 2.22. The third-order valence-corrected chi connectivity index (χ3v) is 3.19. The van der Waals surface area contributed by atoms with Crippen molar-refractivity contribution in [2.45, 2.75) is 19.4 Å². The van der Waals surface area contributed by atoms with Crippen LogP contribution in [0, 0.1) is 0 Å². The van der Waals surface area contributed by atoms with E-state index in [2.05, 4.69) is 10.0 Å². The van der Waals surface area contributed by atoms with E-state index < -0.39 is 5.97 Å². The summed E-state index contributed by atoms with van der Waals surface area (Å²) < 4.78 is 7.16. The standard InChI is InChI=1S/C14H16N4O3/c15-17-16-10-21-9-2-1-7-18-8-6-11-12(14(19)20)4-3-5-13(11)18/h3-6,8H,1-2,7,9-10H2,(H,19,20). The molecular weight excluding hydrogens is 272 g/mol. The molecular formula is C14H16N4O3. The van der Waals surface area contributed by atoms with Crippen LogP contribution in [-0.4, -0.2) is 29.0 Å². The molecule has 0 saturated heterocycles. The number of carboxylic acid groups (broad SMARTS) is 1. The number of aromatic carboxylic acids is 1. The van der Waals surface area contributed by atoms with Crippen molar-refractivity contribution in [2.24, 2.45) is 5.11 Å². The Morgan fingerprint density at radius 2 is 2.24 bits per heavy atom. The topological polar surface area (TPSA) is 100 Å². The molecule has 0 aliphatic rings. The summed E-state index contributed by atoms with van der Waals surface area (Å²) in [5.74, 6) is -0.912. The molecule has 2 aromatic rings. The molecule has 1 heterocycles. The first kappa shape index (κ1) is 14.9. The maximum absolute atomic E-state index is 11.1. The Kier molecular flexibility index (Phi) is 5.20. The van der Waals surface area contributed by atoms with E-state index in [0.29, 0.717) is 12.2 Å². The first-order valence-electron chi connectivity index (χ1n) is 6.64. The lowest BCUT2D eigenvalue weighted by Gasteiger charge is -2.06. The molecule has 0 aliphatic heterocycles. The van der Waals surface area contributed by atoms with Crippen molar-refractivity contribution in [1.82, 2.24) is 4.57 Å². The van der Waals surface area contributed by atoms with Crippen molar-refractivity contribution >= 4 is 16.9 Å². The zero-order valence-corrected chi connectivity index (χ0v) is 11.5. The summed E-state index contributed by atoms with van der Waals surface area (Å²) in [4.78, 5) is 13.7. The number of aromatic nitrogens is 1. The molecule has 0 unspecified atom stereocenters. The molecule has 0 aliphatic carbocycles. The van der Waals surface area contributed by atoms with Crippen LogP contribution in [0.5, 0.6) is 0 Å². The highest BCUT2D eigenvalue weighted by molar-refractivity contribution is 6.02. The van der Waals surface area contributed by atoms with Gasteiger partial charge in [0.25, 0.3) is 0 Å². The number of unbranched alkanes of at least 4 members (excludes halogenated alkanes) is 1. The Labute approximate surface area is 121 Å². The van der Waals surface area contributed by atoms with Crippen molar-refractivity contribution in [3.05, 3.63) is 46.5 Å². The number of nitrogens with zero attached hydrogens (tertiary/aromatic N) is 4. The van der Waals surface area contributed by atoms with Crippen LogP contribution < -0.4 is 0 Å². The lowest BCUT2D eigenvalue weighted by molar-refractivity contribution is 0.0699. The van der Waals surface area contributed by atoms with E-state index in [0.717, 1.165) is 30.3 Å². The van der Waals surface area contributed by atoms with Crippen molar-refractivity contribution in [1.29, 1.82) is 0 Å². The smallest absolute Gasteiger partial charge is 0.336 e. The quantitative estimate of drug-likeness (QED) is 0.348. The molecule has 1 aromatic carbocycles. The second-order valence-corrected chi connectivity index (χ2v) is 4.53. The first-order valence-corrected chi connectivity index (χ1v) is 6.64. The zero-order chi connectivity index (χ0) is 15.1. The number of carboxylic acids is 1. The Hall–Kier alpha value is -2.50. The van der Waals surface area contributed by atoms with Gasteiger partial charge in [0, 0.05) is 35.2 Å². The van der Waals surface area contributed by atoms with Crippen LogP contribution in [0.15, 0.2) is 35.6 Å². The highest BCUT2D eigenvalue weighted by Gasteiger charge is 2.10. The highest BCUT2D eigenvalue weighted by Crippen LogP contribution is 2.20. The predicted octanol–water partition coefficient (Wildman–Crippen LogP) is 3.40. The van der Waals surface area contributed by atoms with Gasteiger partial charge in [-0.25, -0.2) is 4.79 Å². The maximum Gasteiger partial charge on any atom is 0.336 e. The van der Waals surface area contributed by atoms with Gasteiger partial charge < -0.3 is 14.4 Å². The second kappa shape index (κ2) is 7.33. The minimum absolute atomic E-state index is 0.0604. The normalized spacial score (nSPS) is 10.5. The number of hydrogen-bond acceptors (Lipinski definition) is 3. The summed E-state index contributed by atoms with van der Waals surface area (Å²) in [5.41, 5.74) is 9.33. The number of rotatable bonds is 8. The van der Waals surface area contributed by atoms with Crippen LogP contribution in [0.3, 0.4) is 0 Å². The molecule has 0 amide bonds. The number of fused-ring (bicyclic) bond motifs is 1. The van der Waals surface area contributed by atoms with E-state index in [9.17, 15) is 4.79 Å². The minimum Gasteiger partial charge on any atom is -0.478 e. The van der Waals surface area contributed by atoms with Gasteiger partial charge in [-0.2, -0.15) is 0 Å². The van der Waals surface area contributed by atoms with Gasteiger partial charge in [-0.1, -0.05) is 11.2 Å². The molecule has 7 heteroatoms. The average Bonchev–Trinajstić information content (AvgIpc) is 2.89. The summed E-state index contributed by atoms with van der Waals surface area (Å²) in [7, 11) is 0. The fraction of sp³-hybridized carbons (Fsp3) is 0.357. The molecule has 110 valence electrons. The molecule has 1 N–H and O–H groups in total. The van der Waals surface area contributed by atoms with Crippen molar-refractivity contribution in [3.63, 3.8) is 0 Å². The maximum atomic E-state index is 11.1. The Balaban J connectivity index is 1.92. The van der Waals surface area contributed by atoms with Gasteiger partial charge >= 0.3 is 5.97 Å². The number of azide groups is 1. The molecule has 0 spiro atoms. The van der Waals surface area contributed by atoms with Gasteiger partial charge in [0.2, 0.25) is 0 Å². The van der Waals surface area contributed by atoms with E-state index in [1.54, 1.807) is 12.1 Å². The number of carbonyl (C=O) groups is 1. The third kappa shape index (κ3) is 3.75. The van der Waals surface area contributed by atoms with Crippen molar-refractivity contribution in [3.8, 4) is 0 Å². The molecule has 21 heavy (non-hydrogen) atoms. The van der Waals surface area contributed by atoms with Crippen LogP contribution in [-0.2, 0) is 11.3 Å². The molecule has 0 bridgehead atoms. The first-order chi connectivity index (χ1) is 10.2. The van der Waals surface area contributed by atoms with Gasteiger partial charge in [0.05, 0.1) is 5.56 Å². The lowest BCUT2D eigenvalue weighted by Crippen LogP contribution is -2.01. The summed E-state index contributed by atoms with van der Waals surface area (Å²) in [5, 5.41) is 13.2. The van der Waals surface area contributed by atoms with Crippen molar-refractivity contribution < 1.29 is 14.6 Å². The van der Waals surface area contributed by atoms with Crippen LogP contribution in [0.4, 0.5) is 0 Å². The van der Waals surface area contributed by atoms with Crippen LogP contribution in [0.1, 0.15) is 23.2 Å². The Morgan fingerprint density at radius 1 is 1.38 bits per heavy atom. The van der Waals surface area contributed by atoms with E-state index in [-0.39, 0.29) is 6.73 Å². The molecule has 1 aromatic heterocycles. The van der Waals surface area contributed by atoms with E-state index in [1.165, 1.54) is 0 Å². The number of ether oxygens (including phenoxy) is 1. The van der Waals surface area contributed by atoms with Gasteiger partial charge in [0.1, 0.15) is 6.73 Å². The van der Waals surface area contributed by atoms with Gasteiger partial charge in [-0.05, 0) is 36.6 Å². The average molecular weight is 288 g/mol. The summed E-state index contributed by atoms with van der Waals surface area (Å²) in [6, 6.07) is 7.11. The second-order valence-electron chi connectivity index (χ2n) is 4.53. The zero-order valence-electron chi connectivity index (χ0n) is 11.5. The van der Waals surface area contributed by atoms with Gasteiger partial charge in [-0.15, -0.1) is 0 Å². The Morgan fingerprint density at radius 3 is 3.00 bits per heavy atom. The Bertz CT molecular complexity index is 674. The van der Waals surface area contributed by atoms with E-state index in [1.807, 2.05) is 22.9 Å². The van der Waals surface area contributed by atoms with Gasteiger partial charge in [0.15, 0.2) is 0 Å². The van der Waals surface area contributed by atoms with Crippen LogP contribution >= 0.6 is 0 Å². The highest BCUT2D eigenvalue weighted by atomic mass is 16.5. The monoisotopic (exact) mass is 288 g/mol. The van der Waals surface area contributed by atoms with Gasteiger partial charge in [-0.3, -0.25) is 0 Å². The minimum atomic E-state index is -0.912. The molecule has 0 fully saturated rings. The van der Waals surface area contributed by atoms with Crippen molar-refractivity contribution in [2.75, 3.05) is 13.3 Å². The third-order valence-electron chi connectivity index (χ3n) is 3.19. The summed E-state index contributed by atoms with van der Waals surface area (Å²) >= 11 is 0. The molecule has 7 nitrogen and oxygen atoms in total. The number of benzene rings is 1. The SMILES string of the molecule is [N-]=[N+]=NCOCCCCn1ccc2c(C(=O)O)cccc21. The lowest BCUT2D eigenvalue weighted by atomic mass is 10.1. The van der Waals surface area contributed by atoms with E-state index in [4.69, 9.17) is 15.4 Å². The molecule has 0 saturated carbocycles. The largest absolute Gasteiger partial charge is 0.478 e. The number of aryl methyl sites for hydroxylation is 1. The summed E-state index contributed by atoms with van der Waals surface area (Å²) in [6.07, 6.45) is 3.65. The van der Waals surface area contributed by atoms with E-state index >= 15 is 0 Å². The van der Waals surface area contributed by atoms with Crippen LogP contribution in [0.2, 0.25) is 0 Å². The number of hydrogen-bond donors (Lipinski definition) is 1. The molecule has 0 radical (unpaired) electrons.